The van der Waals surface area contributed by atoms with E-state index in [0.29, 0.717) is 10.6 Å². The Morgan fingerprint density at radius 3 is 2.00 bits per heavy atom. The molecule has 1 N–H and O–H groups in total. The number of sulfonamides is 1. The van der Waals surface area contributed by atoms with Gasteiger partial charge in [-0.25, -0.2) is 8.42 Å². The van der Waals surface area contributed by atoms with Crippen LogP contribution < -0.4 is 4.72 Å². The molecule has 2 rings (SSSR count). The van der Waals surface area contributed by atoms with Crippen molar-refractivity contribution in [3.63, 3.8) is 0 Å². The zero-order valence-electron chi connectivity index (χ0n) is 12.8. The van der Waals surface area contributed by atoms with Crippen LogP contribution in [0.4, 0.5) is 5.69 Å². The average molecular weight is 338 g/mol. The van der Waals surface area contributed by atoms with Crippen molar-refractivity contribution in [3.8, 4) is 0 Å². The first-order valence-electron chi connectivity index (χ1n) is 7.31. The number of aryl methyl sites for hydroxylation is 2. The second-order valence-electron chi connectivity index (χ2n) is 5.15. The van der Waals surface area contributed by atoms with Crippen molar-refractivity contribution in [2.75, 3.05) is 4.72 Å². The molecular formula is C17H20ClNO2S. The monoisotopic (exact) mass is 337 g/mol. The largest absolute Gasteiger partial charge is 0.283 e. The minimum atomic E-state index is -3.46. The second-order valence-corrected chi connectivity index (χ2v) is 7.30. The van der Waals surface area contributed by atoms with Crippen LogP contribution in [0.5, 0.6) is 0 Å². The van der Waals surface area contributed by atoms with Crippen LogP contribution in [0.1, 0.15) is 30.5 Å². The molecule has 0 fully saturated rings. The van der Waals surface area contributed by atoms with Crippen molar-refractivity contribution in [2.45, 2.75) is 32.4 Å². The van der Waals surface area contributed by atoms with E-state index in [0.717, 1.165) is 29.7 Å². The van der Waals surface area contributed by atoms with Gasteiger partial charge >= 0.3 is 0 Å². The molecule has 0 saturated heterocycles. The molecule has 118 valence electrons. The van der Waals surface area contributed by atoms with E-state index in [4.69, 9.17) is 11.6 Å². The Balaban J connectivity index is 2.27. The Morgan fingerprint density at radius 2 is 1.50 bits per heavy atom. The lowest BCUT2D eigenvalue weighted by atomic mass is 10.0. The average Bonchev–Trinajstić information content (AvgIpc) is 2.49. The van der Waals surface area contributed by atoms with Crippen LogP contribution in [0, 0.1) is 0 Å². The fourth-order valence-electron chi connectivity index (χ4n) is 2.37. The third-order valence-electron chi connectivity index (χ3n) is 3.53. The molecule has 0 aliphatic carbocycles. The summed E-state index contributed by atoms with van der Waals surface area (Å²) in [7, 11) is -3.46. The lowest BCUT2D eigenvalue weighted by molar-refractivity contribution is 0.600. The third-order valence-corrected chi connectivity index (χ3v) is 5.01. The van der Waals surface area contributed by atoms with Crippen molar-refractivity contribution in [1.82, 2.24) is 0 Å². The number of benzene rings is 2. The maximum absolute atomic E-state index is 12.4. The Morgan fingerprint density at radius 1 is 0.955 bits per heavy atom. The van der Waals surface area contributed by atoms with E-state index in [1.807, 2.05) is 32.0 Å². The topological polar surface area (TPSA) is 46.2 Å². The molecule has 3 nitrogen and oxygen atoms in total. The SMILES string of the molecule is CCc1cccc(CC)c1NS(=O)(=O)Cc1ccc(Cl)cc1. The molecule has 0 radical (unpaired) electrons. The van der Waals surface area contributed by atoms with Gasteiger partial charge in [-0.2, -0.15) is 0 Å². The van der Waals surface area contributed by atoms with Gasteiger partial charge in [-0.1, -0.05) is 55.8 Å². The number of rotatable bonds is 6. The molecule has 0 spiro atoms. The number of hydrogen-bond acceptors (Lipinski definition) is 2. The summed E-state index contributed by atoms with van der Waals surface area (Å²) in [5, 5.41) is 0.596. The van der Waals surface area contributed by atoms with Crippen LogP contribution in [-0.2, 0) is 28.6 Å². The van der Waals surface area contributed by atoms with Crippen LogP contribution in [-0.4, -0.2) is 8.42 Å². The van der Waals surface area contributed by atoms with E-state index in [1.54, 1.807) is 24.3 Å². The lowest BCUT2D eigenvalue weighted by Gasteiger charge is -2.15. The summed E-state index contributed by atoms with van der Waals surface area (Å²) in [5.41, 5.74) is 3.46. The summed E-state index contributed by atoms with van der Waals surface area (Å²) < 4.78 is 27.7. The van der Waals surface area contributed by atoms with Crippen LogP contribution in [0.25, 0.3) is 0 Å². The van der Waals surface area contributed by atoms with Gasteiger partial charge in [0.15, 0.2) is 0 Å². The maximum Gasteiger partial charge on any atom is 0.236 e. The van der Waals surface area contributed by atoms with E-state index in [1.165, 1.54) is 0 Å². The molecule has 0 saturated carbocycles. The first-order valence-corrected chi connectivity index (χ1v) is 9.34. The van der Waals surface area contributed by atoms with Crippen molar-refractivity contribution >= 4 is 27.3 Å². The van der Waals surface area contributed by atoms with Crippen molar-refractivity contribution in [2.24, 2.45) is 0 Å². The van der Waals surface area contributed by atoms with E-state index >= 15 is 0 Å². The molecule has 0 aliphatic rings. The van der Waals surface area contributed by atoms with Crippen LogP contribution in [0.2, 0.25) is 5.02 Å². The fourth-order valence-corrected chi connectivity index (χ4v) is 3.77. The highest BCUT2D eigenvalue weighted by molar-refractivity contribution is 7.91. The minimum Gasteiger partial charge on any atom is -0.283 e. The number of para-hydroxylation sites is 1. The Bertz CT molecular complexity index is 718. The van der Waals surface area contributed by atoms with Gasteiger partial charge in [-0.15, -0.1) is 0 Å². The highest BCUT2D eigenvalue weighted by atomic mass is 35.5. The summed E-state index contributed by atoms with van der Waals surface area (Å²) in [4.78, 5) is 0. The maximum atomic E-state index is 12.4. The smallest absolute Gasteiger partial charge is 0.236 e. The minimum absolute atomic E-state index is 0.0641. The summed E-state index contributed by atoms with van der Waals surface area (Å²) in [6, 6.07) is 12.7. The Labute approximate surface area is 137 Å². The molecule has 0 heterocycles. The van der Waals surface area contributed by atoms with Gasteiger partial charge < -0.3 is 0 Å². The first-order chi connectivity index (χ1) is 10.4. The normalized spacial score (nSPS) is 11.4. The predicted molar refractivity (Wildman–Crippen MR) is 92.9 cm³/mol. The molecule has 0 bridgehead atoms. The van der Waals surface area contributed by atoms with Crippen LogP contribution in [0.15, 0.2) is 42.5 Å². The van der Waals surface area contributed by atoms with Gasteiger partial charge in [0.25, 0.3) is 0 Å². The van der Waals surface area contributed by atoms with Gasteiger partial charge in [-0.3, -0.25) is 4.72 Å². The number of anilines is 1. The molecule has 0 amide bonds. The third kappa shape index (κ3) is 4.24. The molecule has 5 heteroatoms. The van der Waals surface area contributed by atoms with Gasteiger partial charge in [0.2, 0.25) is 10.0 Å². The standard InChI is InChI=1S/C17H20ClNO2S/c1-3-14-6-5-7-15(4-2)17(14)19-22(20,21)12-13-8-10-16(18)11-9-13/h5-11,19H,3-4,12H2,1-2H3. The summed E-state index contributed by atoms with van der Waals surface area (Å²) in [6.07, 6.45) is 1.57. The summed E-state index contributed by atoms with van der Waals surface area (Å²) in [5.74, 6) is -0.0641. The van der Waals surface area contributed by atoms with Crippen molar-refractivity contribution in [3.05, 3.63) is 64.2 Å². The van der Waals surface area contributed by atoms with E-state index in [2.05, 4.69) is 4.72 Å². The van der Waals surface area contributed by atoms with E-state index in [9.17, 15) is 8.42 Å². The number of halogens is 1. The quantitative estimate of drug-likeness (QED) is 0.848. The lowest BCUT2D eigenvalue weighted by Crippen LogP contribution is -2.17. The van der Waals surface area contributed by atoms with Gasteiger partial charge in [0.1, 0.15) is 0 Å². The number of nitrogens with one attached hydrogen (secondary N) is 1. The van der Waals surface area contributed by atoms with Crippen LogP contribution >= 0.6 is 11.6 Å². The highest BCUT2D eigenvalue weighted by Gasteiger charge is 2.16. The molecule has 2 aromatic carbocycles. The van der Waals surface area contributed by atoms with Gasteiger partial charge in [0, 0.05) is 5.02 Å². The molecule has 0 unspecified atom stereocenters. The molecule has 0 aliphatic heterocycles. The predicted octanol–water partition coefficient (Wildman–Crippen LogP) is 4.41. The van der Waals surface area contributed by atoms with Crippen molar-refractivity contribution < 1.29 is 8.42 Å². The molecule has 22 heavy (non-hydrogen) atoms. The summed E-state index contributed by atoms with van der Waals surface area (Å²) in [6.45, 7) is 4.04. The molecular weight excluding hydrogens is 318 g/mol. The Hall–Kier alpha value is -1.52. The zero-order chi connectivity index (χ0) is 16.2. The molecule has 0 atom stereocenters. The zero-order valence-corrected chi connectivity index (χ0v) is 14.3. The fraction of sp³-hybridized carbons (Fsp3) is 0.294. The first kappa shape index (κ1) is 16.8. The second kappa shape index (κ2) is 7.16. The molecule has 0 aromatic heterocycles. The van der Waals surface area contributed by atoms with Gasteiger partial charge in [-0.05, 0) is 41.7 Å². The number of hydrogen-bond donors (Lipinski definition) is 1. The Kier molecular flexibility index (Phi) is 5.48. The van der Waals surface area contributed by atoms with Crippen LogP contribution in [0.3, 0.4) is 0 Å². The highest BCUT2D eigenvalue weighted by Crippen LogP contribution is 2.24. The van der Waals surface area contributed by atoms with E-state index < -0.39 is 10.0 Å². The summed E-state index contributed by atoms with van der Waals surface area (Å²) >= 11 is 5.83. The van der Waals surface area contributed by atoms with Gasteiger partial charge in [0.05, 0.1) is 11.4 Å². The molecule has 2 aromatic rings. The van der Waals surface area contributed by atoms with Crippen molar-refractivity contribution in [1.29, 1.82) is 0 Å². The van der Waals surface area contributed by atoms with E-state index in [-0.39, 0.29) is 5.75 Å².